The topological polar surface area (TPSA) is 18.1 Å². The molecular formula is C45H27F2NOS. The molecule has 0 spiro atoms. The maximum absolute atomic E-state index is 16.8. The zero-order valence-electron chi connectivity index (χ0n) is 26.9. The number of aryl methyl sites for hydroxylation is 1. The predicted octanol–water partition coefficient (Wildman–Crippen LogP) is 13.5. The first-order valence-electron chi connectivity index (χ1n) is 16.5. The average molecular weight is 668 g/mol. The van der Waals surface area contributed by atoms with Gasteiger partial charge in [0, 0.05) is 47.8 Å². The van der Waals surface area contributed by atoms with Gasteiger partial charge < -0.3 is 8.98 Å². The first-order chi connectivity index (χ1) is 24.5. The molecule has 0 aliphatic carbocycles. The van der Waals surface area contributed by atoms with Crippen LogP contribution < -0.4 is 0 Å². The quantitative estimate of drug-likeness (QED) is 0.183. The SMILES string of the molecule is Cc1cc(F)c2c(c1)c1cc(-c3ccc4oc5ccccc5c4c3)cc(F)c1n2-c1ccc2sc(-c3ccccc3)c(-c3ccccc3)c2c1. The third-order valence-electron chi connectivity index (χ3n) is 9.75. The summed E-state index contributed by atoms with van der Waals surface area (Å²) in [5, 5.41) is 4.35. The summed E-state index contributed by atoms with van der Waals surface area (Å²) in [5.74, 6) is -0.802. The minimum Gasteiger partial charge on any atom is -0.456 e. The lowest BCUT2D eigenvalue weighted by atomic mass is 9.98. The van der Waals surface area contributed by atoms with Crippen LogP contribution in [0.4, 0.5) is 8.78 Å². The molecule has 0 N–H and O–H groups in total. The highest BCUT2D eigenvalue weighted by atomic mass is 32.1. The number of hydrogen-bond donors (Lipinski definition) is 0. The van der Waals surface area contributed by atoms with E-state index in [4.69, 9.17) is 4.42 Å². The molecule has 0 saturated carbocycles. The summed E-state index contributed by atoms with van der Waals surface area (Å²) in [7, 11) is 0. The average Bonchev–Trinajstić information content (AvgIpc) is 3.82. The van der Waals surface area contributed by atoms with Gasteiger partial charge >= 0.3 is 0 Å². The second-order valence-electron chi connectivity index (χ2n) is 12.9. The Morgan fingerprint density at radius 1 is 0.500 bits per heavy atom. The van der Waals surface area contributed by atoms with E-state index in [0.717, 1.165) is 70.3 Å². The van der Waals surface area contributed by atoms with Crippen LogP contribution in [-0.4, -0.2) is 4.57 Å². The van der Waals surface area contributed by atoms with Gasteiger partial charge in [0.15, 0.2) is 0 Å². The van der Waals surface area contributed by atoms with Crippen molar-refractivity contribution < 1.29 is 13.2 Å². The van der Waals surface area contributed by atoms with E-state index in [1.807, 2.05) is 91.9 Å². The summed E-state index contributed by atoms with van der Waals surface area (Å²) in [4.78, 5) is 1.16. The van der Waals surface area contributed by atoms with Gasteiger partial charge in [0.05, 0.1) is 11.0 Å². The minimum atomic E-state index is -0.415. The molecule has 5 heteroatoms. The van der Waals surface area contributed by atoms with Crippen molar-refractivity contribution >= 4 is 65.2 Å². The monoisotopic (exact) mass is 667 g/mol. The molecule has 7 aromatic carbocycles. The molecule has 0 atom stereocenters. The summed E-state index contributed by atoms with van der Waals surface area (Å²) >= 11 is 1.73. The number of rotatable bonds is 4. The van der Waals surface area contributed by atoms with Crippen LogP contribution in [0.1, 0.15) is 5.56 Å². The predicted molar refractivity (Wildman–Crippen MR) is 204 cm³/mol. The van der Waals surface area contributed by atoms with E-state index >= 15 is 8.78 Å². The Hall–Kier alpha value is -6.04. The molecule has 0 amide bonds. The van der Waals surface area contributed by atoms with Crippen molar-refractivity contribution in [3.63, 3.8) is 0 Å². The largest absolute Gasteiger partial charge is 0.456 e. The molecule has 0 saturated heterocycles. The zero-order valence-corrected chi connectivity index (χ0v) is 27.7. The van der Waals surface area contributed by atoms with Crippen LogP contribution >= 0.6 is 11.3 Å². The Balaban J connectivity index is 1.23. The Kier molecular flexibility index (Phi) is 6.36. The molecule has 0 bridgehead atoms. The van der Waals surface area contributed by atoms with E-state index in [1.54, 1.807) is 22.0 Å². The van der Waals surface area contributed by atoms with Crippen molar-refractivity contribution in [3.05, 3.63) is 163 Å². The molecule has 10 aromatic rings. The van der Waals surface area contributed by atoms with Crippen molar-refractivity contribution in [1.82, 2.24) is 4.57 Å². The fourth-order valence-electron chi connectivity index (χ4n) is 7.55. The molecule has 50 heavy (non-hydrogen) atoms. The van der Waals surface area contributed by atoms with Crippen LogP contribution in [0.2, 0.25) is 0 Å². The van der Waals surface area contributed by atoms with Gasteiger partial charge in [-0.15, -0.1) is 11.3 Å². The minimum absolute atomic E-state index is 0.349. The second-order valence-corrected chi connectivity index (χ2v) is 13.9. The normalized spacial score (nSPS) is 11.9. The smallest absolute Gasteiger partial charge is 0.148 e. The van der Waals surface area contributed by atoms with E-state index in [9.17, 15) is 0 Å². The van der Waals surface area contributed by atoms with Crippen molar-refractivity contribution in [2.75, 3.05) is 0 Å². The first kappa shape index (κ1) is 28.9. The second kappa shape index (κ2) is 11.0. The number of nitrogens with zero attached hydrogens (tertiary/aromatic N) is 1. The third kappa shape index (κ3) is 4.37. The van der Waals surface area contributed by atoms with Crippen molar-refractivity contribution in [2.24, 2.45) is 0 Å². The van der Waals surface area contributed by atoms with Gasteiger partial charge in [0.1, 0.15) is 22.8 Å². The van der Waals surface area contributed by atoms with E-state index < -0.39 is 5.82 Å². The molecule has 3 aromatic heterocycles. The number of aromatic nitrogens is 1. The van der Waals surface area contributed by atoms with Crippen molar-refractivity contribution in [3.8, 4) is 38.4 Å². The fraction of sp³-hybridized carbons (Fsp3) is 0.0222. The number of halogens is 2. The number of hydrogen-bond acceptors (Lipinski definition) is 2. The number of furan rings is 1. The fourth-order valence-corrected chi connectivity index (χ4v) is 8.76. The molecule has 0 radical (unpaired) electrons. The van der Waals surface area contributed by atoms with Gasteiger partial charge in [-0.2, -0.15) is 0 Å². The molecule has 3 heterocycles. The summed E-state index contributed by atoms with van der Waals surface area (Å²) < 4.78 is 41.9. The number of thiophene rings is 1. The first-order valence-corrected chi connectivity index (χ1v) is 17.4. The Labute approximate surface area is 290 Å². The molecule has 10 rings (SSSR count). The highest BCUT2D eigenvalue weighted by Gasteiger charge is 2.23. The Morgan fingerprint density at radius 3 is 1.96 bits per heavy atom. The van der Waals surface area contributed by atoms with Gasteiger partial charge in [-0.25, -0.2) is 8.78 Å². The summed E-state index contributed by atoms with van der Waals surface area (Å²) in [6.45, 7) is 1.87. The van der Waals surface area contributed by atoms with E-state index in [2.05, 4.69) is 48.5 Å². The van der Waals surface area contributed by atoms with Crippen molar-refractivity contribution in [1.29, 1.82) is 0 Å². The third-order valence-corrected chi connectivity index (χ3v) is 11.0. The lowest BCUT2D eigenvalue weighted by Gasteiger charge is -2.11. The van der Waals surface area contributed by atoms with Crippen molar-refractivity contribution in [2.45, 2.75) is 6.92 Å². The van der Waals surface area contributed by atoms with Crippen LogP contribution in [0.15, 0.2) is 150 Å². The molecule has 2 nitrogen and oxygen atoms in total. The van der Waals surface area contributed by atoms with Crippen LogP contribution in [0.5, 0.6) is 0 Å². The number of benzene rings is 7. The van der Waals surface area contributed by atoms with E-state index in [-0.39, 0.29) is 5.82 Å². The Bertz CT molecular complexity index is 2950. The number of para-hydroxylation sites is 1. The maximum atomic E-state index is 16.8. The molecule has 0 aliphatic rings. The van der Waals surface area contributed by atoms with E-state index in [0.29, 0.717) is 27.5 Å². The standard InChI is InChI=1S/C45H27F2NOS/c1-26-20-34-35-23-30(29-16-18-40-33(22-29)32-14-8-9-15-39(32)49-40)24-38(47)44(35)48(43(34)37(46)21-26)31-17-19-41-36(25-31)42(27-10-4-2-5-11-27)45(50-41)28-12-6-3-7-13-28/h2-25H,1H3. The van der Waals surface area contributed by atoms with Gasteiger partial charge in [-0.1, -0.05) is 84.9 Å². The van der Waals surface area contributed by atoms with Gasteiger partial charge in [-0.3, -0.25) is 0 Å². The summed E-state index contributed by atoms with van der Waals surface area (Å²) in [6.07, 6.45) is 0. The summed E-state index contributed by atoms with van der Waals surface area (Å²) in [6, 6.07) is 47.8. The lowest BCUT2D eigenvalue weighted by Crippen LogP contribution is -1.98. The highest BCUT2D eigenvalue weighted by Crippen LogP contribution is 2.46. The van der Waals surface area contributed by atoms with Crippen LogP contribution in [0, 0.1) is 18.6 Å². The Morgan fingerprint density at radius 2 is 1.16 bits per heavy atom. The molecule has 238 valence electrons. The molecule has 0 fully saturated rings. The number of fused-ring (bicyclic) bond motifs is 7. The van der Waals surface area contributed by atoms with Crippen LogP contribution in [0.25, 0.3) is 92.2 Å². The molecular weight excluding hydrogens is 641 g/mol. The zero-order chi connectivity index (χ0) is 33.5. The molecule has 0 unspecified atom stereocenters. The maximum Gasteiger partial charge on any atom is 0.148 e. The van der Waals surface area contributed by atoms with Gasteiger partial charge in [-0.05, 0) is 95.4 Å². The molecule has 0 aliphatic heterocycles. The lowest BCUT2D eigenvalue weighted by molar-refractivity contribution is 0.628. The van der Waals surface area contributed by atoms with Crippen LogP contribution in [0.3, 0.4) is 0 Å². The van der Waals surface area contributed by atoms with Gasteiger partial charge in [0.25, 0.3) is 0 Å². The summed E-state index contributed by atoms with van der Waals surface area (Å²) in [5.41, 5.74) is 8.69. The van der Waals surface area contributed by atoms with Gasteiger partial charge in [0.2, 0.25) is 0 Å². The van der Waals surface area contributed by atoms with Crippen LogP contribution in [-0.2, 0) is 0 Å². The highest BCUT2D eigenvalue weighted by molar-refractivity contribution is 7.23. The van der Waals surface area contributed by atoms with E-state index in [1.165, 1.54) is 6.07 Å².